The Bertz CT molecular complexity index is 808. The number of hydrogen-bond acceptors (Lipinski definition) is 6. The van der Waals surface area contributed by atoms with Gasteiger partial charge in [-0.3, -0.25) is 0 Å². The van der Waals surface area contributed by atoms with Crippen LogP contribution in [0, 0.1) is 0 Å². The Morgan fingerprint density at radius 1 is 1.18 bits per heavy atom. The van der Waals surface area contributed by atoms with E-state index in [4.69, 9.17) is 14.6 Å². The van der Waals surface area contributed by atoms with Gasteiger partial charge in [0.25, 0.3) is 0 Å². The summed E-state index contributed by atoms with van der Waals surface area (Å²) in [5, 5.41) is 9.16. The summed E-state index contributed by atoms with van der Waals surface area (Å²) >= 11 is 0. The van der Waals surface area contributed by atoms with Crippen LogP contribution in [0.1, 0.15) is 39.2 Å². The van der Waals surface area contributed by atoms with Gasteiger partial charge in [-0.2, -0.15) is 4.31 Å². The SMILES string of the molecule is CC(C)(C)OC(=O)N1CCC2(CC1)OCCN2S(=O)(=O)c1ccc(CO)cc1. The zero-order valence-corrected chi connectivity index (χ0v) is 17.4. The number of benzene rings is 1. The van der Waals surface area contributed by atoms with Crippen LogP contribution in [0.15, 0.2) is 29.2 Å². The first-order valence-corrected chi connectivity index (χ1v) is 10.9. The van der Waals surface area contributed by atoms with Gasteiger partial charge in [-0.1, -0.05) is 12.1 Å². The first-order chi connectivity index (χ1) is 13.1. The summed E-state index contributed by atoms with van der Waals surface area (Å²) in [6.45, 7) is 6.62. The maximum atomic E-state index is 13.2. The number of aliphatic hydroxyl groups is 1. The Morgan fingerprint density at radius 3 is 2.32 bits per heavy atom. The van der Waals surface area contributed by atoms with Crippen molar-refractivity contribution in [3.8, 4) is 0 Å². The van der Waals surface area contributed by atoms with Crippen LogP contribution >= 0.6 is 0 Å². The second kappa shape index (κ2) is 7.62. The first kappa shape index (κ1) is 21.0. The quantitative estimate of drug-likeness (QED) is 0.815. The molecule has 2 aliphatic heterocycles. The Morgan fingerprint density at radius 2 is 1.79 bits per heavy atom. The summed E-state index contributed by atoms with van der Waals surface area (Å²) in [6, 6.07) is 6.20. The molecule has 0 unspecified atom stereocenters. The maximum Gasteiger partial charge on any atom is 0.410 e. The molecule has 1 aromatic carbocycles. The lowest BCUT2D eigenvalue weighted by Gasteiger charge is -2.42. The maximum absolute atomic E-state index is 13.2. The van der Waals surface area contributed by atoms with Gasteiger partial charge in [-0.15, -0.1) is 0 Å². The van der Waals surface area contributed by atoms with Gasteiger partial charge in [0.2, 0.25) is 10.0 Å². The highest BCUT2D eigenvalue weighted by Crippen LogP contribution is 2.38. The fourth-order valence-corrected chi connectivity index (χ4v) is 5.31. The normalized spacial score (nSPS) is 20.5. The van der Waals surface area contributed by atoms with E-state index >= 15 is 0 Å². The van der Waals surface area contributed by atoms with Gasteiger partial charge in [0.1, 0.15) is 11.3 Å². The largest absolute Gasteiger partial charge is 0.444 e. The number of piperidine rings is 1. The lowest BCUT2D eigenvalue weighted by molar-refractivity contribution is -0.0907. The fraction of sp³-hybridized carbons (Fsp3) is 0.632. The predicted octanol–water partition coefficient (Wildman–Crippen LogP) is 1.93. The monoisotopic (exact) mass is 412 g/mol. The average molecular weight is 413 g/mol. The molecule has 0 atom stereocenters. The lowest BCUT2D eigenvalue weighted by Crippen LogP contribution is -2.56. The van der Waals surface area contributed by atoms with Crippen LogP contribution in [0.5, 0.6) is 0 Å². The van der Waals surface area contributed by atoms with Crippen LogP contribution in [-0.2, 0) is 26.1 Å². The second-order valence-corrected chi connectivity index (χ2v) is 10.0. The molecule has 0 aliphatic carbocycles. The number of carbonyl (C=O) groups excluding carboxylic acids is 1. The van der Waals surface area contributed by atoms with Crippen molar-refractivity contribution in [1.82, 2.24) is 9.21 Å². The molecule has 2 heterocycles. The fourth-order valence-electron chi connectivity index (χ4n) is 3.59. The minimum absolute atomic E-state index is 0.141. The summed E-state index contributed by atoms with van der Waals surface area (Å²) in [5.74, 6) is 0. The molecule has 9 heteroatoms. The van der Waals surface area contributed by atoms with Crippen molar-refractivity contribution in [2.75, 3.05) is 26.2 Å². The summed E-state index contributed by atoms with van der Waals surface area (Å²) < 4.78 is 39.1. The van der Waals surface area contributed by atoms with E-state index in [9.17, 15) is 13.2 Å². The predicted molar refractivity (Wildman–Crippen MR) is 102 cm³/mol. The van der Waals surface area contributed by atoms with Crippen LogP contribution < -0.4 is 0 Å². The number of ether oxygens (including phenoxy) is 2. The Labute approximate surface area is 166 Å². The molecule has 0 bridgehead atoms. The van der Waals surface area contributed by atoms with Gasteiger partial charge in [0.15, 0.2) is 0 Å². The second-order valence-electron chi connectivity index (χ2n) is 8.14. The summed E-state index contributed by atoms with van der Waals surface area (Å²) in [4.78, 5) is 14.1. The topological polar surface area (TPSA) is 96.4 Å². The van der Waals surface area contributed by atoms with Crippen LogP contribution in [0.25, 0.3) is 0 Å². The van der Waals surface area contributed by atoms with Crippen LogP contribution in [-0.4, -0.2) is 66.4 Å². The molecular weight excluding hydrogens is 384 g/mol. The molecule has 1 spiro atoms. The molecule has 156 valence electrons. The van der Waals surface area contributed by atoms with Gasteiger partial charge in [-0.25, -0.2) is 13.2 Å². The average Bonchev–Trinajstić information content (AvgIpc) is 3.04. The minimum atomic E-state index is -3.75. The number of sulfonamides is 1. The highest BCUT2D eigenvalue weighted by Gasteiger charge is 2.51. The molecule has 0 saturated carbocycles. The van der Waals surface area contributed by atoms with Crippen molar-refractivity contribution >= 4 is 16.1 Å². The Balaban J connectivity index is 1.75. The van der Waals surface area contributed by atoms with Crippen LogP contribution in [0.4, 0.5) is 4.79 Å². The van der Waals surface area contributed by atoms with Crippen molar-refractivity contribution in [3.05, 3.63) is 29.8 Å². The molecule has 2 saturated heterocycles. The minimum Gasteiger partial charge on any atom is -0.444 e. The van der Waals surface area contributed by atoms with Gasteiger partial charge >= 0.3 is 6.09 Å². The van der Waals surface area contributed by atoms with Crippen molar-refractivity contribution in [2.24, 2.45) is 0 Å². The van der Waals surface area contributed by atoms with E-state index in [1.54, 1.807) is 17.0 Å². The number of carbonyl (C=O) groups is 1. The van der Waals surface area contributed by atoms with E-state index in [-0.39, 0.29) is 18.0 Å². The van der Waals surface area contributed by atoms with E-state index in [0.29, 0.717) is 38.1 Å². The number of likely N-dealkylation sites (tertiary alicyclic amines) is 1. The molecule has 1 N–H and O–H groups in total. The van der Waals surface area contributed by atoms with Crippen molar-refractivity contribution in [1.29, 1.82) is 0 Å². The van der Waals surface area contributed by atoms with Gasteiger partial charge in [0, 0.05) is 32.5 Å². The molecule has 8 nitrogen and oxygen atoms in total. The molecule has 2 fully saturated rings. The molecular formula is C19H28N2O6S. The molecule has 2 aliphatic rings. The third-order valence-corrected chi connectivity index (χ3v) is 6.97. The third-order valence-electron chi connectivity index (χ3n) is 5.01. The zero-order chi connectivity index (χ0) is 20.6. The summed E-state index contributed by atoms with van der Waals surface area (Å²) in [5.41, 5.74) is -0.865. The highest BCUT2D eigenvalue weighted by molar-refractivity contribution is 7.89. The third kappa shape index (κ3) is 4.17. The highest BCUT2D eigenvalue weighted by atomic mass is 32.2. The summed E-state index contributed by atoms with van der Waals surface area (Å²) in [6.07, 6.45) is 0.384. The van der Waals surface area contributed by atoms with Crippen molar-refractivity contribution in [2.45, 2.75) is 56.4 Å². The number of hydrogen-bond donors (Lipinski definition) is 1. The van der Waals surface area contributed by atoms with Crippen molar-refractivity contribution < 1.29 is 27.8 Å². The summed E-state index contributed by atoms with van der Waals surface area (Å²) in [7, 11) is -3.75. The molecule has 1 aromatic rings. The number of nitrogens with zero attached hydrogens (tertiary/aromatic N) is 2. The zero-order valence-electron chi connectivity index (χ0n) is 16.6. The Kier molecular flexibility index (Phi) is 5.73. The van der Waals surface area contributed by atoms with Crippen LogP contribution in [0.2, 0.25) is 0 Å². The first-order valence-electron chi connectivity index (χ1n) is 9.42. The van der Waals surface area contributed by atoms with E-state index in [2.05, 4.69) is 0 Å². The van der Waals surface area contributed by atoms with E-state index < -0.39 is 27.4 Å². The van der Waals surface area contributed by atoms with Gasteiger partial charge < -0.3 is 19.5 Å². The van der Waals surface area contributed by atoms with E-state index in [1.165, 1.54) is 16.4 Å². The molecule has 28 heavy (non-hydrogen) atoms. The standard InChI is InChI=1S/C19H28N2O6S/c1-18(2,3)27-17(23)20-10-8-19(9-11-20)21(12-13-26-19)28(24,25)16-6-4-15(14-22)5-7-16/h4-7,22H,8-14H2,1-3H3. The Hall–Kier alpha value is -1.68. The van der Waals surface area contributed by atoms with Crippen LogP contribution in [0.3, 0.4) is 0 Å². The van der Waals surface area contributed by atoms with Crippen molar-refractivity contribution in [3.63, 3.8) is 0 Å². The number of amides is 1. The van der Waals surface area contributed by atoms with E-state index in [0.717, 1.165) is 0 Å². The van der Waals surface area contributed by atoms with E-state index in [1.807, 2.05) is 20.8 Å². The number of aliphatic hydroxyl groups excluding tert-OH is 1. The lowest BCUT2D eigenvalue weighted by atomic mass is 10.0. The van der Waals surface area contributed by atoms with Gasteiger partial charge in [0.05, 0.1) is 18.1 Å². The molecule has 3 rings (SSSR count). The smallest absolute Gasteiger partial charge is 0.410 e. The molecule has 1 amide bonds. The molecule has 0 aromatic heterocycles. The number of rotatable bonds is 3. The van der Waals surface area contributed by atoms with Gasteiger partial charge in [-0.05, 0) is 38.5 Å². The molecule has 0 radical (unpaired) electrons.